The molecule has 2 heterocycles. The van der Waals surface area contributed by atoms with Crippen molar-refractivity contribution in [3.05, 3.63) is 48.2 Å². The fourth-order valence-electron chi connectivity index (χ4n) is 3.11. The number of hydrogen-bond acceptors (Lipinski definition) is 4. The van der Waals surface area contributed by atoms with Gasteiger partial charge in [0.15, 0.2) is 5.96 Å². The molecule has 7 nitrogen and oxygen atoms in total. The predicted molar refractivity (Wildman–Crippen MR) is 134 cm³/mol. The fraction of sp³-hybridized carbons (Fsp3) is 0.450. The molecule has 0 radical (unpaired) electrons. The summed E-state index contributed by atoms with van der Waals surface area (Å²) in [5, 5.41) is 16.3. The minimum absolute atomic E-state index is 0. The second-order valence-corrected chi connectivity index (χ2v) is 7.47. The van der Waals surface area contributed by atoms with E-state index < -0.39 is 0 Å². The lowest BCUT2D eigenvalue weighted by Gasteiger charge is -2.13. The molecule has 29 heavy (non-hydrogen) atoms. The van der Waals surface area contributed by atoms with Crippen LogP contribution in [0.3, 0.4) is 0 Å². The quantitative estimate of drug-likeness (QED) is 0.163. The van der Waals surface area contributed by atoms with Crippen LogP contribution in [-0.2, 0) is 19.4 Å². The zero-order chi connectivity index (χ0) is 19.6. The zero-order valence-corrected chi connectivity index (χ0v) is 20.2. The number of hydrogen-bond donors (Lipinski definition) is 3. The van der Waals surface area contributed by atoms with Crippen molar-refractivity contribution < 1.29 is 0 Å². The highest BCUT2D eigenvalue weighted by atomic mass is 127. The van der Waals surface area contributed by atoms with E-state index in [2.05, 4.69) is 79.0 Å². The van der Waals surface area contributed by atoms with Gasteiger partial charge in [0.05, 0.1) is 6.54 Å². The number of aryl methyl sites for hydroxylation is 1. The van der Waals surface area contributed by atoms with E-state index in [9.17, 15) is 0 Å². The first-order valence-corrected chi connectivity index (χ1v) is 11.1. The molecule has 3 aromatic rings. The average Bonchev–Trinajstić information content (AvgIpc) is 3.34. The van der Waals surface area contributed by atoms with Crippen molar-refractivity contribution in [1.82, 2.24) is 30.4 Å². The summed E-state index contributed by atoms with van der Waals surface area (Å²) in [4.78, 5) is 8.02. The normalized spacial score (nSPS) is 11.4. The third kappa shape index (κ3) is 6.91. The molecule has 9 heteroatoms. The summed E-state index contributed by atoms with van der Waals surface area (Å²) in [6.45, 7) is 5.33. The van der Waals surface area contributed by atoms with Crippen LogP contribution < -0.4 is 10.6 Å². The van der Waals surface area contributed by atoms with Crippen LogP contribution >= 0.6 is 35.7 Å². The van der Waals surface area contributed by atoms with E-state index in [1.165, 1.54) is 16.5 Å². The van der Waals surface area contributed by atoms with Gasteiger partial charge in [-0.1, -0.05) is 25.1 Å². The van der Waals surface area contributed by atoms with Crippen LogP contribution in [0.15, 0.2) is 41.8 Å². The second kappa shape index (κ2) is 12.7. The number of para-hydroxylation sites is 1. The summed E-state index contributed by atoms with van der Waals surface area (Å²) in [6, 6.07) is 8.41. The Hall–Kier alpha value is -1.75. The van der Waals surface area contributed by atoms with Crippen molar-refractivity contribution in [3.8, 4) is 0 Å². The first-order valence-electron chi connectivity index (χ1n) is 9.74. The molecule has 0 aliphatic carbocycles. The van der Waals surface area contributed by atoms with Gasteiger partial charge in [-0.3, -0.25) is 4.99 Å². The van der Waals surface area contributed by atoms with Gasteiger partial charge in [-0.2, -0.15) is 11.8 Å². The summed E-state index contributed by atoms with van der Waals surface area (Å²) in [7, 11) is 0. The van der Waals surface area contributed by atoms with Crippen molar-refractivity contribution in [2.45, 2.75) is 26.3 Å². The summed E-state index contributed by atoms with van der Waals surface area (Å²) in [5.41, 5.74) is 2.51. The number of benzene rings is 1. The second-order valence-electron chi connectivity index (χ2n) is 6.48. The largest absolute Gasteiger partial charge is 0.361 e. The minimum atomic E-state index is 0. The van der Waals surface area contributed by atoms with E-state index in [0.717, 1.165) is 56.6 Å². The molecule has 1 aromatic carbocycles. The van der Waals surface area contributed by atoms with Crippen LogP contribution in [0.1, 0.15) is 18.3 Å². The first-order chi connectivity index (χ1) is 13.8. The van der Waals surface area contributed by atoms with Crippen LogP contribution in [0.5, 0.6) is 0 Å². The standard InChI is InChI=1S/C20H29N7S.HI/c1-3-19-26-25-15-27(19)12-10-22-20(23-11-13-28-2)21-9-8-16-14-24-18-7-5-4-6-17(16)18;/h4-7,14-15,24H,3,8-13H2,1-2H3,(H2,21,22,23);1H. The molecule has 0 unspecified atom stereocenters. The molecular weight excluding hydrogens is 497 g/mol. The van der Waals surface area contributed by atoms with Gasteiger partial charge in [0.25, 0.3) is 0 Å². The molecule has 2 aromatic heterocycles. The van der Waals surface area contributed by atoms with Crippen LogP contribution in [0, 0.1) is 0 Å². The highest BCUT2D eigenvalue weighted by molar-refractivity contribution is 14.0. The molecule has 0 aliphatic heterocycles. The maximum Gasteiger partial charge on any atom is 0.191 e. The Balaban J connectivity index is 0.00000300. The van der Waals surface area contributed by atoms with Gasteiger partial charge in [-0.25, -0.2) is 0 Å². The monoisotopic (exact) mass is 527 g/mol. The zero-order valence-electron chi connectivity index (χ0n) is 17.0. The Morgan fingerprint density at radius 3 is 2.90 bits per heavy atom. The molecule has 0 saturated carbocycles. The third-order valence-electron chi connectivity index (χ3n) is 4.58. The maximum atomic E-state index is 4.68. The van der Waals surface area contributed by atoms with Crippen LogP contribution in [0.2, 0.25) is 0 Å². The molecule has 0 amide bonds. The minimum Gasteiger partial charge on any atom is -0.361 e. The molecule has 0 saturated heterocycles. The molecule has 3 N–H and O–H groups in total. The number of rotatable bonds is 10. The van der Waals surface area contributed by atoms with E-state index in [1.807, 2.05) is 0 Å². The topological polar surface area (TPSA) is 82.9 Å². The van der Waals surface area contributed by atoms with Gasteiger partial charge in [-0.15, -0.1) is 34.2 Å². The van der Waals surface area contributed by atoms with E-state index in [0.29, 0.717) is 0 Å². The Labute approximate surface area is 193 Å². The molecule has 3 rings (SSSR count). The molecule has 0 spiro atoms. The van der Waals surface area contributed by atoms with Gasteiger partial charge < -0.3 is 20.2 Å². The molecule has 0 fully saturated rings. The number of halogens is 1. The number of nitrogens with one attached hydrogen (secondary N) is 3. The van der Waals surface area contributed by atoms with Gasteiger partial charge in [0.1, 0.15) is 12.2 Å². The van der Waals surface area contributed by atoms with Crippen molar-refractivity contribution in [2.75, 3.05) is 31.6 Å². The molecule has 0 atom stereocenters. The Morgan fingerprint density at radius 2 is 2.07 bits per heavy atom. The number of guanidine groups is 1. The lowest BCUT2D eigenvalue weighted by molar-refractivity contribution is 0.632. The molecule has 0 bridgehead atoms. The molecule has 158 valence electrons. The van der Waals surface area contributed by atoms with Crippen LogP contribution in [0.25, 0.3) is 10.9 Å². The Morgan fingerprint density at radius 1 is 1.24 bits per heavy atom. The van der Waals surface area contributed by atoms with E-state index >= 15 is 0 Å². The van der Waals surface area contributed by atoms with Crippen molar-refractivity contribution in [3.63, 3.8) is 0 Å². The van der Waals surface area contributed by atoms with Crippen molar-refractivity contribution >= 4 is 52.6 Å². The molecule has 0 aliphatic rings. The van der Waals surface area contributed by atoms with Gasteiger partial charge in [0, 0.05) is 48.9 Å². The number of aromatic nitrogens is 4. The SMILES string of the molecule is CCc1nncn1CCNC(=NCCSC)NCCc1c[nH]c2ccccc12.I. The summed E-state index contributed by atoms with van der Waals surface area (Å²) >= 11 is 1.81. The summed E-state index contributed by atoms with van der Waals surface area (Å²) in [6.07, 6.45) is 7.82. The number of fused-ring (bicyclic) bond motifs is 1. The number of nitrogens with zero attached hydrogens (tertiary/aromatic N) is 4. The van der Waals surface area contributed by atoms with Crippen LogP contribution in [0.4, 0.5) is 0 Å². The highest BCUT2D eigenvalue weighted by Gasteiger charge is 2.05. The highest BCUT2D eigenvalue weighted by Crippen LogP contribution is 2.17. The van der Waals surface area contributed by atoms with Gasteiger partial charge in [0.2, 0.25) is 0 Å². The number of aromatic amines is 1. The number of thioether (sulfide) groups is 1. The predicted octanol–water partition coefficient (Wildman–Crippen LogP) is 3.08. The Kier molecular flexibility index (Phi) is 10.3. The Bertz CT molecular complexity index is 890. The fourth-order valence-corrected chi connectivity index (χ4v) is 3.39. The van der Waals surface area contributed by atoms with Gasteiger partial charge in [-0.05, 0) is 24.3 Å². The average molecular weight is 527 g/mol. The van der Waals surface area contributed by atoms with E-state index in [-0.39, 0.29) is 24.0 Å². The smallest absolute Gasteiger partial charge is 0.191 e. The first kappa shape index (κ1) is 23.5. The molecular formula is C20H30IN7S. The maximum absolute atomic E-state index is 4.68. The van der Waals surface area contributed by atoms with E-state index in [1.54, 1.807) is 18.1 Å². The number of H-pyrrole nitrogens is 1. The number of aliphatic imine (C=N–C) groups is 1. The van der Waals surface area contributed by atoms with Crippen LogP contribution in [-0.4, -0.2) is 57.4 Å². The third-order valence-corrected chi connectivity index (χ3v) is 5.17. The van der Waals surface area contributed by atoms with Crippen molar-refractivity contribution in [2.24, 2.45) is 4.99 Å². The van der Waals surface area contributed by atoms with Crippen molar-refractivity contribution in [1.29, 1.82) is 0 Å². The lowest BCUT2D eigenvalue weighted by atomic mass is 10.1. The lowest BCUT2D eigenvalue weighted by Crippen LogP contribution is -2.40. The summed E-state index contributed by atoms with van der Waals surface area (Å²) in [5.74, 6) is 2.88. The van der Waals surface area contributed by atoms with Gasteiger partial charge >= 0.3 is 0 Å². The summed E-state index contributed by atoms with van der Waals surface area (Å²) < 4.78 is 2.08. The van der Waals surface area contributed by atoms with E-state index in [4.69, 9.17) is 0 Å².